The first-order valence-corrected chi connectivity index (χ1v) is 11.4. The lowest BCUT2D eigenvalue weighted by Crippen LogP contribution is -2.35. The predicted octanol–water partition coefficient (Wildman–Crippen LogP) is 4.54. The van der Waals surface area contributed by atoms with Crippen molar-refractivity contribution in [2.24, 2.45) is 0 Å². The highest BCUT2D eigenvalue weighted by Gasteiger charge is 2.41. The van der Waals surface area contributed by atoms with Gasteiger partial charge in [-0.3, -0.25) is 19.5 Å². The minimum absolute atomic E-state index is 0.228. The zero-order valence-electron chi connectivity index (χ0n) is 19.4. The van der Waals surface area contributed by atoms with Gasteiger partial charge in [-0.1, -0.05) is 48.5 Å². The molecule has 0 spiro atoms. The van der Waals surface area contributed by atoms with E-state index in [0.717, 1.165) is 34.2 Å². The van der Waals surface area contributed by atoms with Crippen LogP contribution in [0.1, 0.15) is 34.7 Å². The molecule has 0 saturated heterocycles. The lowest BCUT2D eigenvalue weighted by atomic mass is 9.99. The minimum atomic E-state index is -0.232. The van der Waals surface area contributed by atoms with Gasteiger partial charge in [0.05, 0.1) is 12.1 Å². The number of hydrogen-bond donors (Lipinski definition) is 0. The topological polar surface area (TPSA) is 53.5 Å². The van der Waals surface area contributed by atoms with E-state index in [2.05, 4.69) is 4.98 Å². The van der Waals surface area contributed by atoms with E-state index >= 15 is 0 Å². The Bertz CT molecular complexity index is 1190. The minimum Gasteiger partial charge on any atom is -0.366 e. The van der Waals surface area contributed by atoms with Crippen LogP contribution in [-0.2, 0) is 22.6 Å². The van der Waals surface area contributed by atoms with E-state index in [9.17, 15) is 9.59 Å². The average Bonchev–Trinajstić information content (AvgIpc) is 3.07. The standard InChI is InChI=1S/C28H29N3O2/c1-4-30(17-14-22-12-15-29-16-13-22)26-25(24-11-10-20(2)21(3)18-24)27(32)31(28(26)33)19-23-8-6-5-7-9-23/h5-13,15-16,18H,4,14,17,19H2,1-3H3. The van der Waals surface area contributed by atoms with Crippen LogP contribution in [0.15, 0.2) is 78.8 Å². The van der Waals surface area contributed by atoms with Crippen molar-refractivity contribution in [2.75, 3.05) is 13.1 Å². The fourth-order valence-electron chi connectivity index (χ4n) is 4.16. The number of imide groups is 1. The summed E-state index contributed by atoms with van der Waals surface area (Å²) in [6.45, 7) is 7.64. The van der Waals surface area contributed by atoms with Gasteiger partial charge in [0.1, 0.15) is 5.70 Å². The molecule has 168 valence electrons. The number of benzene rings is 2. The molecule has 0 radical (unpaired) electrons. The number of carbonyl (C=O) groups is 2. The summed E-state index contributed by atoms with van der Waals surface area (Å²) in [7, 11) is 0. The van der Waals surface area contributed by atoms with Crippen LogP contribution in [0, 0.1) is 13.8 Å². The quantitative estimate of drug-likeness (QED) is 0.484. The van der Waals surface area contributed by atoms with Crippen LogP contribution < -0.4 is 0 Å². The van der Waals surface area contributed by atoms with E-state index in [1.807, 2.05) is 86.3 Å². The van der Waals surface area contributed by atoms with E-state index in [-0.39, 0.29) is 18.4 Å². The van der Waals surface area contributed by atoms with Crippen LogP contribution >= 0.6 is 0 Å². The molecule has 0 bridgehead atoms. The first-order chi connectivity index (χ1) is 16.0. The van der Waals surface area contributed by atoms with Crippen LogP contribution in [-0.4, -0.2) is 39.7 Å². The fourth-order valence-corrected chi connectivity index (χ4v) is 4.16. The van der Waals surface area contributed by atoms with Gasteiger partial charge < -0.3 is 4.90 Å². The van der Waals surface area contributed by atoms with Gasteiger partial charge in [0.25, 0.3) is 11.8 Å². The van der Waals surface area contributed by atoms with Crippen molar-refractivity contribution in [1.29, 1.82) is 0 Å². The molecule has 0 aliphatic carbocycles. The zero-order chi connectivity index (χ0) is 23.4. The highest BCUT2D eigenvalue weighted by atomic mass is 16.2. The second-order valence-corrected chi connectivity index (χ2v) is 8.39. The van der Waals surface area contributed by atoms with Crippen molar-refractivity contribution in [3.05, 3.63) is 107 Å². The number of pyridine rings is 1. The summed E-state index contributed by atoms with van der Waals surface area (Å²) in [5.41, 5.74) is 6.12. The third-order valence-electron chi connectivity index (χ3n) is 6.24. The number of aryl methyl sites for hydroxylation is 2. The van der Waals surface area contributed by atoms with E-state index in [4.69, 9.17) is 0 Å². The highest BCUT2D eigenvalue weighted by molar-refractivity contribution is 6.35. The van der Waals surface area contributed by atoms with Gasteiger partial charge in [-0.25, -0.2) is 0 Å². The Balaban J connectivity index is 1.72. The maximum absolute atomic E-state index is 13.7. The van der Waals surface area contributed by atoms with Crippen LogP contribution in [0.25, 0.3) is 5.57 Å². The third-order valence-corrected chi connectivity index (χ3v) is 6.24. The fraction of sp³-hybridized carbons (Fsp3) is 0.250. The monoisotopic (exact) mass is 439 g/mol. The summed E-state index contributed by atoms with van der Waals surface area (Å²) >= 11 is 0. The molecule has 0 N–H and O–H groups in total. The molecule has 2 aromatic carbocycles. The molecule has 1 aliphatic heterocycles. The molecule has 2 amide bonds. The van der Waals surface area contributed by atoms with Crippen LogP contribution in [0.2, 0.25) is 0 Å². The zero-order valence-corrected chi connectivity index (χ0v) is 19.4. The summed E-state index contributed by atoms with van der Waals surface area (Å²) in [5, 5.41) is 0. The van der Waals surface area contributed by atoms with Crippen molar-refractivity contribution in [2.45, 2.75) is 33.7 Å². The molecule has 2 heterocycles. The number of likely N-dealkylation sites (N-methyl/N-ethyl adjacent to an activating group) is 1. The molecule has 3 aromatic rings. The summed E-state index contributed by atoms with van der Waals surface area (Å²) in [6, 6.07) is 19.6. The molecule has 0 saturated carbocycles. The summed E-state index contributed by atoms with van der Waals surface area (Å²) in [5.74, 6) is -0.460. The Kier molecular flexibility index (Phi) is 6.68. The smallest absolute Gasteiger partial charge is 0.278 e. The molecule has 0 unspecified atom stereocenters. The van der Waals surface area contributed by atoms with Gasteiger partial charge >= 0.3 is 0 Å². The van der Waals surface area contributed by atoms with Gasteiger partial charge in [-0.2, -0.15) is 0 Å². The molecule has 0 fully saturated rings. The SMILES string of the molecule is CCN(CCc1ccncc1)C1=C(c2ccc(C)c(C)c2)C(=O)N(Cc2ccccc2)C1=O. The Morgan fingerprint density at radius 1 is 0.848 bits per heavy atom. The lowest BCUT2D eigenvalue weighted by molar-refractivity contribution is -0.138. The number of amides is 2. The van der Waals surface area contributed by atoms with E-state index < -0.39 is 0 Å². The molecule has 4 rings (SSSR count). The number of carbonyl (C=O) groups excluding carboxylic acids is 2. The van der Waals surface area contributed by atoms with E-state index in [1.54, 1.807) is 12.4 Å². The molecule has 5 nitrogen and oxygen atoms in total. The average molecular weight is 440 g/mol. The molecule has 1 aromatic heterocycles. The number of rotatable bonds is 8. The van der Waals surface area contributed by atoms with Gasteiger partial charge in [-0.15, -0.1) is 0 Å². The Labute approximate surface area is 195 Å². The Morgan fingerprint density at radius 2 is 1.58 bits per heavy atom. The molecule has 33 heavy (non-hydrogen) atoms. The first-order valence-electron chi connectivity index (χ1n) is 11.4. The number of hydrogen-bond acceptors (Lipinski definition) is 4. The largest absolute Gasteiger partial charge is 0.366 e. The summed E-state index contributed by atoms with van der Waals surface area (Å²) in [6.07, 6.45) is 4.31. The molecular weight excluding hydrogens is 410 g/mol. The predicted molar refractivity (Wildman–Crippen MR) is 130 cm³/mol. The lowest BCUT2D eigenvalue weighted by Gasteiger charge is -2.25. The second kappa shape index (κ2) is 9.82. The second-order valence-electron chi connectivity index (χ2n) is 8.39. The summed E-state index contributed by atoms with van der Waals surface area (Å²) in [4.78, 5) is 34.8. The molecular formula is C28H29N3O2. The molecule has 1 aliphatic rings. The van der Waals surface area contributed by atoms with Gasteiger partial charge in [0, 0.05) is 25.5 Å². The van der Waals surface area contributed by atoms with Crippen LogP contribution in [0.5, 0.6) is 0 Å². The van der Waals surface area contributed by atoms with Crippen molar-refractivity contribution in [3.63, 3.8) is 0 Å². The van der Waals surface area contributed by atoms with Gasteiger partial charge in [0.2, 0.25) is 0 Å². The van der Waals surface area contributed by atoms with Crippen molar-refractivity contribution in [3.8, 4) is 0 Å². The number of nitrogens with zero attached hydrogens (tertiary/aromatic N) is 3. The van der Waals surface area contributed by atoms with Crippen LogP contribution in [0.3, 0.4) is 0 Å². The first kappa shape index (κ1) is 22.5. The van der Waals surface area contributed by atoms with Crippen molar-refractivity contribution in [1.82, 2.24) is 14.8 Å². The summed E-state index contributed by atoms with van der Waals surface area (Å²) < 4.78 is 0. The Hall–Kier alpha value is -3.73. The normalized spacial score (nSPS) is 13.7. The maximum atomic E-state index is 13.7. The van der Waals surface area contributed by atoms with E-state index in [1.165, 1.54) is 4.90 Å². The van der Waals surface area contributed by atoms with Crippen molar-refractivity contribution < 1.29 is 9.59 Å². The third kappa shape index (κ3) is 4.72. The van der Waals surface area contributed by atoms with E-state index in [0.29, 0.717) is 24.4 Å². The molecule has 0 atom stereocenters. The maximum Gasteiger partial charge on any atom is 0.278 e. The number of aromatic nitrogens is 1. The van der Waals surface area contributed by atoms with Gasteiger partial charge in [0.15, 0.2) is 0 Å². The highest BCUT2D eigenvalue weighted by Crippen LogP contribution is 2.33. The Morgan fingerprint density at radius 3 is 2.24 bits per heavy atom. The van der Waals surface area contributed by atoms with Crippen molar-refractivity contribution >= 4 is 17.4 Å². The molecule has 5 heteroatoms. The van der Waals surface area contributed by atoms with Gasteiger partial charge in [-0.05, 0) is 67.1 Å². The van der Waals surface area contributed by atoms with Crippen LogP contribution in [0.4, 0.5) is 0 Å².